The van der Waals surface area contributed by atoms with E-state index in [0.29, 0.717) is 41.9 Å². The van der Waals surface area contributed by atoms with Crippen molar-refractivity contribution in [1.82, 2.24) is 9.88 Å². The van der Waals surface area contributed by atoms with E-state index < -0.39 is 15.8 Å². The van der Waals surface area contributed by atoms with E-state index in [0.717, 1.165) is 5.56 Å². The molecule has 32 heavy (non-hydrogen) atoms. The zero-order valence-corrected chi connectivity index (χ0v) is 18.7. The van der Waals surface area contributed by atoms with E-state index in [2.05, 4.69) is 4.98 Å². The molecular weight excluding hydrogens is 438 g/mol. The number of pyridine rings is 1. The predicted molar refractivity (Wildman–Crippen MR) is 116 cm³/mol. The Morgan fingerprint density at radius 2 is 1.84 bits per heavy atom. The number of hydrogen-bond donors (Lipinski definition) is 0. The molecule has 1 aliphatic rings. The van der Waals surface area contributed by atoms with E-state index in [-0.39, 0.29) is 22.8 Å². The molecule has 1 aliphatic heterocycles. The summed E-state index contributed by atoms with van der Waals surface area (Å²) in [7, 11) is -0.941. The van der Waals surface area contributed by atoms with Gasteiger partial charge in [-0.25, -0.2) is 17.2 Å². The number of alkyl halides is 2. The number of halogens is 2. The fraction of sp³-hybridized carbons (Fsp3) is 0.348. The molecule has 0 atom stereocenters. The van der Waals surface area contributed by atoms with Crippen LogP contribution < -0.4 is 9.47 Å². The van der Waals surface area contributed by atoms with Gasteiger partial charge in [-0.1, -0.05) is 18.2 Å². The molecule has 170 valence electrons. The number of ether oxygens (including phenoxy) is 2. The molecule has 0 bridgehead atoms. The number of hydrogen-bond acceptors (Lipinski definition) is 6. The Labute approximate surface area is 185 Å². The highest BCUT2D eigenvalue weighted by Crippen LogP contribution is 2.33. The summed E-state index contributed by atoms with van der Waals surface area (Å²) >= 11 is 0. The maximum absolute atomic E-state index is 13.8. The minimum atomic E-state index is -3.85. The Hall–Kier alpha value is -2.78. The van der Waals surface area contributed by atoms with Gasteiger partial charge in [0, 0.05) is 30.6 Å². The number of para-hydroxylation sites is 1. The summed E-state index contributed by atoms with van der Waals surface area (Å²) in [6.07, 6.45) is 1.66. The molecule has 0 spiro atoms. The highest BCUT2D eigenvalue weighted by atomic mass is 32.2. The van der Waals surface area contributed by atoms with Crippen molar-refractivity contribution in [2.24, 2.45) is 0 Å². The highest BCUT2D eigenvalue weighted by Gasteiger charge is 2.35. The molecule has 3 aromatic rings. The molecular formula is C23H24F2N2O4S. The fourth-order valence-corrected chi connectivity index (χ4v) is 5.28. The van der Waals surface area contributed by atoms with Crippen LogP contribution in [0.1, 0.15) is 18.4 Å². The first-order chi connectivity index (χ1) is 15.2. The lowest BCUT2D eigenvalue weighted by Crippen LogP contribution is -2.42. The first kappa shape index (κ1) is 22.4. The largest absolute Gasteiger partial charge is 0.493 e. The minimum absolute atomic E-state index is 0.0406. The van der Waals surface area contributed by atoms with Crippen LogP contribution in [0.2, 0.25) is 0 Å². The van der Waals surface area contributed by atoms with Crippen LogP contribution in [0.15, 0.2) is 58.5 Å². The van der Waals surface area contributed by atoms with Gasteiger partial charge in [-0.15, -0.1) is 0 Å². The Balaban J connectivity index is 1.67. The molecule has 0 N–H and O–H groups in total. The topological polar surface area (TPSA) is 68.7 Å². The molecule has 0 radical (unpaired) electrons. The molecule has 0 amide bonds. The van der Waals surface area contributed by atoms with Crippen molar-refractivity contribution in [3.05, 3.63) is 54.2 Å². The molecule has 0 saturated carbocycles. The minimum Gasteiger partial charge on any atom is -0.493 e. The number of fused-ring (bicyclic) bond motifs is 1. The van der Waals surface area contributed by atoms with Gasteiger partial charge in [-0.05, 0) is 36.7 Å². The van der Waals surface area contributed by atoms with Crippen molar-refractivity contribution in [2.45, 2.75) is 35.1 Å². The Morgan fingerprint density at radius 1 is 1.06 bits per heavy atom. The number of aromatic nitrogens is 1. The van der Waals surface area contributed by atoms with Gasteiger partial charge < -0.3 is 9.47 Å². The lowest BCUT2D eigenvalue weighted by atomic mass is 10.0. The zero-order valence-electron chi connectivity index (χ0n) is 17.8. The van der Waals surface area contributed by atoms with Crippen molar-refractivity contribution in [3.8, 4) is 11.5 Å². The Morgan fingerprint density at radius 3 is 2.56 bits per heavy atom. The van der Waals surface area contributed by atoms with Crippen LogP contribution in [0.3, 0.4) is 0 Å². The monoisotopic (exact) mass is 462 g/mol. The quantitative estimate of drug-likeness (QED) is 0.544. The summed E-state index contributed by atoms with van der Waals surface area (Å²) in [5, 5.41) is 0.632. The van der Waals surface area contributed by atoms with Gasteiger partial charge in [-0.2, -0.15) is 0 Å². The van der Waals surface area contributed by atoms with Crippen LogP contribution in [-0.2, 0) is 16.4 Å². The van der Waals surface area contributed by atoms with Gasteiger partial charge in [0.1, 0.15) is 0 Å². The molecule has 6 nitrogen and oxygen atoms in total. The Kier molecular flexibility index (Phi) is 6.05. The first-order valence-electron chi connectivity index (χ1n) is 10.2. The third-order valence-corrected chi connectivity index (χ3v) is 7.33. The molecule has 9 heteroatoms. The second-order valence-corrected chi connectivity index (χ2v) is 9.80. The molecule has 1 fully saturated rings. The van der Waals surface area contributed by atoms with Crippen LogP contribution in [0, 0.1) is 0 Å². The molecule has 1 aromatic heterocycles. The molecule has 1 saturated heterocycles. The van der Waals surface area contributed by atoms with Crippen LogP contribution in [-0.4, -0.2) is 51.5 Å². The van der Waals surface area contributed by atoms with Crippen LogP contribution in [0.25, 0.3) is 10.9 Å². The molecule has 4 rings (SSSR count). The van der Waals surface area contributed by atoms with Crippen molar-refractivity contribution in [1.29, 1.82) is 0 Å². The second-order valence-electron chi connectivity index (χ2n) is 7.85. The summed E-state index contributed by atoms with van der Waals surface area (Å²) in [6, 6.07) is 11.3. The van der Waals surface area contributed by atoms with E-state index >= 15 is 0 Å². The van der Waals surface area contributed by atoms with Crippen LogP contribution >= 0.6 is 0 Å². The first-order valence-corrected chi connectivity index (χ1v) is 11.7. The lowest BCUT2D eigenvalue weighted by molar-refractivity contribution is -0.0660. The normalized spacial score (nSPS) is 16.8. The third-order valence-electron chi connectivity index (χ3n) is 5.61. The van der Waals surface area contributed by atoms with Crippen LogP contribution in [0.5, 0.6) is 11.5 Å². The molecule has 2 heterocycles. The number of rotatable bonds is 6. The lowest BCUT2D eigenvalue weighted by Gasteiger charge is -2.32. The SMILES string of the molecule is COc1ccc(S(=O)(=O)c2cnc3c(CN4CCCC(F)(F)C4)cccc3c2)cc1OC. The van der Waals surface area contributed by atoms with Crippen molar-refractivity contribution in [3.63, 3.8) is 0 Å². The van der Waals surface area contributed by atoms with Gasteiger partial charge in [0.05, 0.1) is 36.1 Å². The number of likely N-dealkylation sites (tertiary alicyclic amines) is 1. The number of piperidine rings is 1. The fourth-order valence-electron chi connectivity index (χ4n) is 4.02. The van der Waals surface area contributed by atoms with E-state index in [1.807, 2.05) is 6.07 Å². The highest BCUT2D eigenvalue weighted by molar-refractivity contribution is 7.91. The van der Waals surface area contributed by atoms with E-state index in [4.69, 9.17) is 9.47 Å². The van der Waals surface area contributed by atoms with E-state index in [1.54, 1.807) is 23.1 Å². The summed E-state index contributed by atoms with van der Waals surface area (Å²) < 4.78 is 64.3. The number of sulfone groups is 1. The van der Waals surface area contributed by atoms with Crippen molar-refractivity contribution < 1.29 is 26.7 Å². The second kappa shape index (κ2) is 8.63. The molecule has 2 aromatic carbocycles. The molecule has 0 aliphatic carbocycles. The molecule has 0 unspecified atom stereocenters. The Bertz CT molecular complexity index is 1250. The van der Waals surface area contributed by atoms with E-state index in [1.165, 1.54) is 38.6 Å². The van der Waals surface area contributed by atoms with Gasteiger partial charge in [0.25, 0.3) is 5.92 Å². The van der Waals surface area contributed by atoms with Gasteiger partial charge in [0.15, 0.2) is 11.5 Å². The van der Waals surface area contributed by atoms with Crippen molar-refractivity contribution >= 4 is 20.7 Å². The predicted octanol–water partition coefficient (Wildman–Crippen LogP) is 4.32. The number of nitrogens with zero attached hydrogens (tertiary/aromatic N) is 2. The summed E-state index contributed by atoms with van der Waals surface area (Å²) in [5.74, 6) is -1.95. The number of benzene rings is 2. The maximum Gasteiger partial charge on any atom is 0.260 e. The average Bonchev–Trinajstić information content (AvgIpc) is 2.77. The van der Waals surface area contributed by atoms with Gasteiger partial charge in [0.2, 0.25) is 9.84 Å². The average molecular weight is 463 g/mol. The van der Waals surface area contributed by atoms with Gasteiger partial charge in [-0.3, -0.25) is 9.88 Å². The van der Waals surface area contributed by atoms with E-state index in [9.17, 15) is 17.2 Å². The van der Waals surface area contributed by atoms with Crippen LogP contribution in [0.4, 0.5) is 8.78 Å². The summed E-state index contributed by atoms with van der Waals surface area (Å²) in [6.45, 7) is 0.647. The maximum atomic E-state index is 13.8. The standard InChI is InChI=1S/C23H24F2N2O4S/c1-30-20-8-7-18(12-21(20)31-2)32(28,29)19-11-16-5-3-6-17(22(16)26-13-19)14-27-10-4-9-23(24,25)15-27/h3,5-8,11-13H,4,9-10,14-15H2,1-2H3. The smallest absolute Gasteiger partial charge is 0.260 e. The zero-order chi connectivity index (χ0) is 22.9. The third kappa shape index (κ3) is 4.40. The van der Waals surface area contributed by atoms with Crippen molar-refractivity contribution in [2.75, 3.05) is 27.3 Å². The summed E-state index contributed by atoms with van der Waals surface area (Å²) in [4.78, 5) is 6.22. The summed E-state index contributed by atoms with van der Waals surface area (Å²) in [5.41, 5.74) is 1.39. The van der Waals surface area contributed by atoms with Gasteiger partial charge >= 0.3 is 0 Å². The number of methoxy groups -OCH3 is 2.